The van der Waals surface area contributed by atoms with Gasteiger partial charge in [-0.1, -0.05) is 175 Å². The van der Waals surface area contributed by atoms with E-state index in [9.17, 15) is 0 Å². The van der Waals surface area contributed by atoms with Crippen molar-refractivity contribution >= 4 is 33.0 Å². The molecule has 4 aromatic heterocycles. The number of furan rings is 1. The standard InChI is InChI=1S/C54H42N3O.C15H16N.Ir/c1-34(2)45-30-41(38-21-12-7-13-22-38)31-46(35(3)4)52(45)57-50-26-15-14-25-48(50)56-54(57)44-24-16-23-43-47-33-55-49(32-51(47)58-53(43)44)42-28-39(36-17-8-5-9-18-36)27-40(29-42)37-19-10-6-11-20-37;1-15(2,3)13-9-10-14(16-11-13)12-7-5-4-6-8-12;/h5-23,25-35H,1-4H3;4-7,9-11H,1-3H3;/q2*-1;. The van der Waals surface area contributed by atoms with Crippen molar-refractivity contribution in [3.63, 3.8) is 0 Å². The summed E-state index contributed by atoms with van der Waals surface area (Å²) in [4.78, 5) is 14.9. The molecule has 0 saturated heterocycles. The van der Waals surface area contributed by atoms with Crippen LogP contribution in [0, 0.1) is 12.1 Å². The predicted octanol–water partition coefficient (Wildman–Crippen LogP) is 18.5. The van der Waals surface area contributed by atoms with Crippen molar-refractivity contribution in [3.8, 4) is 73.0 Å². The zero-order valence-corrected chi connectivity index (χ0v) is 45.8. The molecule has 1 radical (unpaired) electrons. The molecule has 75 heavy (non-hydrogen) atoms. The van der Waals surface area contributed by atoms with Crippen LogP contribution in [0.4, 0.5) is 0 Å². The van der Waals surface area contributed by atoms with Gasteiger partial charge in [-0.3, -0.25) is 9.97 Å². The van der Waals surface area contributed by atoms with E-state index in [1.165, 1.54) is 33.5 Å². The molecule has 0 atom stereocenters. The zero-order valence-electron chi connectivity index (χ0n) is 43.4. The molecule has 5 nitrogen and oxygen atoms in total. The molecule has 0 saturated carbocycles. The summed E-state index contributed by atoms with van der Waals surface area (Å²) in [6.07, 6.45) is 3.91. The molecular weight excluding hydrogens is 1090 g/mol. The smallest absolute Gasteiger partial charge is 0.124 e. The Bertz CT molecular complexity index is 3820. The van der Waals surface area contributed by atoms with Gasteiger partial charge in [-0.2, -0.15) is 0 Å². The van der Waals surface area contributed by atoms with Crippen molar-refractivity contribution in [2.24, 2.45) is 0 Å². The molecule has 12 aromatic rings. The first-order valence-electron chi connectivity index (χ1n) is 25.6. The van der Waals surface area contributed by atoms with Crippen LogP contribution in [0.3, 0.4) is 0 Å². The number of imidazole rings is 1. The van der Waals surface area contributed by atoms with Crippen LogP contribution in [0.15, 0.2) is 217 Å². The Balaban J connectivity index is 0.000000323. The van der Waals surface area contributed by atoms with Crippen molar-refractivity contribution in [2.45, 2.75) is 65.7 Å². The van der Waals surface area contributed by atoms with Gasteiger partial charge in [-0.15, -0.1) is 54.1 Å². The maximum Gasteiger partial charge on any atom is 0.124 e. The van der Waals surface area contributed by atoms with Gasteiger partial charge in [0.1, 0.15) is 5.58 Å². The van der Waals surface area contributed by atoms with Crippen molar-refractivity contribution in [1.29, 1.82) is 0 Å². The van der Waals surface area contributed by atoms with Crippen molar-refractivity contribution < 1.29 is 24.5 Å². The summed E-state index contributed by atoms with van der Waals surface area (Å²) in [5.74, 6) is 1.31. The first-order valence-corrected chi connectivity index (χ1v) is 25.6. The second kappa shape index (κ2) is 21.4. The van der Waals surface area contributed by atoms with E-state index in [2.05, 4.69) is 240 Å². The second-order valence-corrected chi connectivity index (χ2v) is 20.7. The third-order valence-corrected chi connectivity index (χ3v) is 13.9. The van der Waals surface area contributed by atoms with Gasteiger partial charge in [0.2, 0.25) is 0 Å². The van der Waals surface area contributed by atoms with Gasteiger partial charge < -0.3 is 14.0 Å². The Morgan fingerprint density at radius 1 is 0.493 bits per heavy atom. The van der Waals surface area contributed by atoms with E-state index >= 15 is 0 Å². The number of para-hydroxylation sites is 2. The molecule has 4 heterocycles. The molecule has 0 aliphatic carbocycles. The molecule has 0 spiro atoms. The molecule has 0 N–H and O–H groups in total. The molecule has 0 aliphatic rings. The average molecular weight is 1150 g/mol. The molecule has 0 bridgehead atoms. The Morgan fingerprint density at radius 3 is 1.61 bits per heavy atom. The number of fused-ring (bicyclic) bond motifs is 4. The van der Waals surface area contributed by atoms with Gasteiger partial charge in [0.05, 0.1) is 28.1 Å². The molecule has 0 aliphatic heterocycles. The monoisotopic (exact) mass is 1150 g/mol. The third kappa shape index (κ3) is 10.3. The van der Waals surface area contributed by atoms with E-state index in [0.29, 0.717) is 0 Å². The van der Waals surface area contributed by atoms with Gasteiger partial charge in [0.15, 0.2) is 0 Å². The normalized spacial score (nSPS) is 11.5. The van der Waals surface area contributed by atoms with Gasteiger partial charge in [0, 0.05) is 55.2 Å². The molecule has 8 aromatic carbocycles. The average Bonchev–Trinajstić information content (AvgIpc) is 4.02. The van der Waals surface area contributed by atoms with Crippen molar-refractivity contribution in [3.05, 3.63) is 241 Å². The first-order chi connectivity index (χ1) is 36.0. The van der Waals surface area contributed by atoms with E-state index in [1.807, 2.05) is 42.7 Å². The molecule has 0 fully saturated rings. The Hall–Kier alpha value is -8.02. The molecule has 371 valence electrons. The fourth-order valence-corrected chi connectivity index (χ4v) is 9.92. The number of nitrogens with zero attached hydrogens (tertiary/aromatic N) is 4. The van der Waals surface area contributed by atoms with Crippen LogP contribution in [0.25, 0.3) is 106 Å². The molecule has 0 amide bonds. The van der Waals surface area contributed by atoms with Crippen LogP contribution < -0.4 is 0 Å². The van der Waals surface area contributed by atoms with Crippen molar-refractivity contribution in [1.82, 2.24) is 19.5 Å². The molecule has 6 heteroatoms. The fraction of sp³-hybridized carbons (Fsp3) is 0.145. The summed E-state index contributed by atoms with van der Waals surface area (Å²) in [5.41, 5.74) is 20.4. The Morgan fingerprint density at radius 2 is 1.05 bits per heavy atom. The van der Waals surface area contributed by atoms with Crippen LogP contribution in [0.5, 0.6) is 0 Å². The van der Waals surface area contributed by atoms with Gasteiger partial charge in [-0.25, -0.2) is 0 Å². The van der Waals surface area contributed by atoms with Gasteiger partial charge >= 0.3 is 0 Å². The van der Waals surface area contributed by atoms with Gasteiger partial charge in [0.25, 0.3) is 0 Å². The summed E-state index contributed by atoms with van der Waals surface area (Å²) >= 11 is 0. The Labute approximate surface area is 454 Å². The molecule has 0 unspecified atom stereocenters. The first kappa shape index (κ1) is 50.5. The largest absolute Gasteiger partial charge is 0.500 e. The minimum absolute atomic E-state index is 0. The molecular formula is C69H58IrN4O-2. The summed E-state index contributed by atoms with van der Waals surface area (Å²) in [5, 5.41) is 1.94. The summed E-state index contributed by atoms with van der Waals surface area (Å²) < 4.78 is 9.28. The Kier molecular flexibility index (Phi) is 14.4. The van der Waals surface area contributed by atoms with E-state index in [4.69, 9.17) is 14.4 Å². The van der Waals surface area contributed by atoms with Crippen LogP contribution in [0.1, 0.15) is 77.0 Å². The van der Waals surface area contributed by atoms with Crippen LogP contribution >= 0.6 is 0 Å². The number of hydrogen-bond acceptors (Lipinski definition) is 4. The summed E-state index contributed by atoms with van der Waals surface area (Å²) in [6, 6.07) is 76.7. The second-order valence-electron chi connectivity index (χ2n) is 20.7. The van der Waals surface area contributed by atoms with E-state index < -0.39 is 0 Å². The number of rotatable bonds is 9. The maximum atomic E-state index is 6.92. The third-order valence-electron chi connectivity index (χ3n) is 13.9. The van der Waals surface area contributed by atoms with E-state index in [1.54, 1.807) is 0 Å². The number of aromatic nitrogens is 4. The fourth-order valence-electron chi connectivity index (χ4n) is 9.92. The number of pyridine rings is 2. The van der Waals surface area contributed by atoms with Gasteiger partial charge in [-0.05, 0) is 115 Å². The number of hydrogen-bond donors (Lipinski definition) is 0. The zero-order chi connectivity index (χ0) is 50.9. The minimum atomic E-state index is 0. The summed E-state index contributed by atoms with van der Waals surface area (Å²) in [6.45, 7) is 15.7. The summed E-state index contributed by atoms with van der Waals surface area (Å²) in [7, 11) is 0. The van der Waals surface area contributed by atoms with Crippen LogP contribution in [0.2, 0.25) is 0 Å². The minimum Gasteiger partial charge on any atom is -0.500 e. The number of benzene rings is 8. The maximum absolute atomic E-state index is 6.92. The van der Waals surface area contributed by atoms with E-state index in [-0.39, 0.29) is 37.4 Å². The van der Waals surface area contributed by atoms with Crippen molar-refractivity contribution in [2.75, 3.05) is 0 Å². The topological polar surface area (TPSA) is 56.7 Å². The molecule has 12 rings (SSSR count). The quantitative estimate of drug-likeness (QED) is 0.135. The van der Waals surface area contributed by atoms with E-state index in [0.717, 1.165) is 89.1 Å². The van der Waals surface area contributed by atoms with Crippen LogP contribution in [-0.2, 0) is 25.5 Å². The SMILES string of the molecule is CC(C)(C)c1ccc(-c2[c-]cccc2)nc1.CC(C)c1cc(-c2ccccc2)cc(C(C)C)c1-n1c(-c2[c-]ccc3c2oc2cc(-c4cc(-c5ccccc5)cc(-c5ccccc5)c4)ncc23)nc2ccccc21.[Ir]. The predicted molar refractivity (Wildman–Crippen MR) is 308 cm³/mol. The van der Waals surface area contributed by atoms with Crippen LogP contribution in [-0.4, -0.2) is 19.5 Å².